The van der Waals surface area contributed by atoms with Gasteiger partial charge in [-0.25, -0.2) is 0 Å². The summed E-state index contributed by atoms with van der Waals surface area (Å²) in [6, 6.07) is -0.752. The van der Waals surface area contributed by atoms with Crippen molar-refractivity contribution >= 4 is 5.91 Å². The lowest BCUT2D eigenvalue weighted by molar-refractivity contribution is -0.275. The van der Waals surface area contributed by atoms with Crippen LogP contribution in [0.1, 0.15) is 26.7 Å². The van der Waals surface area contributed by atoms with Crippen LogP contribution in [0.4, 0.5) is 22.0 Å². The van der Waals surface area contributed by atoms with E-state index in [9.17, 15) is 26.7 Å². The lowest BCUT2D eigenvalue weighted by Crippen LogP contribution is -2.55. The molecule has 0 aliphatic carbocycles. The molecule has 8 heteroatoms. The van der Waals surface area contributed by atoms with Crippen LogP contribution in [0, 0.1) is 0 Å². The van der Waals surface area contributed by atoms with E-state index in [1.165, 1.54) is 0 Å². The van der Waals surface area contributed by atoms with Crippen LogP contribution in [0.15, 0.2) is 0 Å². The average Bonchev–Trinajstić information content (AvgIpc) is 2.27. The zero-order chi connectivity index (χ0) is 14.6. The molecule has 0 saturated carbocycles. The topological polar surface area (TPSA) is 40.5 Å². The van der Waals surface area contributed by atoms with E-state index in [4.69, 9.17) is 5.11 Å². The zero-order valence-corrected chi connectivity index (χ0v) is 10.1. The highest BCUT2D eigenvalue weighted by atomic mass is 19.4. The first-order chi connectivity index (χ1) is 8.13. The van der Waals surface area contributed by atoms with Crippen LogP contribution < -0.4 is 0 Å². The Hall–Kier alpha value is -0.920. The maximum Gasteiger partial charge on any atom is 0.463 e. The van der Waals surface area contributed by atoms with Crippen LogP contribution >= 0.6 is 0 Å². The number of amides is 1. The van der Waals surface area contributed by atoms with Crippen molar-refractivity contribution in [1.29, 1.82) is 0 Å². The standard InChI is InChI=1S/C10H16F5NO2/c1-3-7(4-2)16(5-6-17)8(18)9(11,12)10(13,14)15/h7,17H,3-6H2,1-2H3. The third-order valence-electron chi connectivity index (χ3n) is 2.61. The number of halogens is 5. The molecule has 0 fully saturated rings. The summed E-state index contributed by atoms with van der Waals surface area (Å²) in [5.74, 6) is -7.73. The Morgan fingerprint density at radius 3 is 1.89 bits per heavy atom. The Labute approximate surface area is 102 Å². The Bertz CT molecular complexity index is 276. The quantitative estimate of drug-likeness (QED) is 0.756. The molecule has 3 nitrogen and oxygen atoms in total. The van der Waals surface area contributed by atoms with Gasteiger partial charge in [-0.05, 0) is 12.8 Å². The fourth-order valence-corrected chi connectivity index (χ4v) is 1.59. The van der Waals surface area contributed by atoms with Crippen LogP contribution in [0.2, 0.25) is 0 Å². The molecule has 0 bridgehead atoms. The van der Waals surface area contributed by atoms with Gasteiger partial charge in [0.1, 0.15) is 0 Å². The summed E-state index contributed by atoms with van der Waals surface area (Å²) < 4.78 is 62.2. The highest BCUT2D eigenvalue weighted by molar-refractivity contribution is 5.84. The Morgan fingerprint density at radius 2 is 1.61 bits per heavy atom. The second-order valence-corrected chi connectivity index (χ2v) is 3.76. The zero-order valence-electron chi connectivity index (χ0n) is 10.1. The van der Waals surface area contributed by atoms with Crippen LogP contribution in [-0.4, -0.2) is 47.2 Å². The van der Waals surface area contributed by atoms with Crippen LogP contribution in [-0.2, 0) is 4.79 Å². The van der Waals surface area contributed by atoms with Crippen molar-refractivity contribution in [3.8, 4) is 0 Å². The number of hydrogen-bond acceptors (Lipinski definition) is 2. The number of rotatable bonds is 6. The van der Waals surface area contributed by atoms with E-state index in [2.05, 4.69) is 0 Å². The second kappa shape index (κ2) is 6.31. The van der Waals surface area contributed by atoms with Gasteiger partial charge in [0.05, 0.1) is 6.61 Å². The lowest BCUT2D eigenvalue weighted by Gasteiger charge is -2.33. The Kier molecular flexibility index (Phi) is 5.98. The van der Waals surface area contributed by atoms with E-state index in [0.717, 1.165) is 0 Å². The van der Waals surface area contributed by atoms with Crippen LogP contribution in [0.3, 0.4) is 0 Å². The first-order valence-corrected chi connectivity index (χ1v) is 5.49. The summed E-state index contributed by atoms with van der Waals surface area (Å²) in [6.45, 7) is 1.92. The van der Waals surface area contributed by atoms with Crippen LogP contribution in [0.25, 0.3) is 0 Å². The minimum Gasteiger partial charge on any atom is -0.395 e. The normalized spacial score (nSPS) is 12.9. The molecule has 1 N–H and O–H groups in total. The van der Waals surface area contributed by atoms with Gasteiger partial charge < -0.3 is 10.0 Å². The maximum absolute atomic E-state index is 12.9. The summed E-state index contributed by atoms with van der Waals surface area (Å²) in [4.78, 5) is 11.7. The van der Waals surface area contributed by atoms with Crippen molar-refractivity contribution in [3.05, 3.63) is 0 Å². The molecule has 0 aliphatic heterocycles. The predicted molar refractivity (Wildman–Crippen MR) is 54.2 cm³/mol. The highest BCUT2D eigenvalue weighted by Crippen LogP contribution is 2.37. The summed E-state index contributed by atoms with van der Waals surface area (Å²) in [5, 5.41) is 8.67. The van der Waals surface area contributed by atoms with Crippen LogP contribution in [0.5, 0.6) is 0 Å². The molecular weight excluding hydrogens is 261 g/mol. The summed E-state index contributed by atoms with van der Waals surface area (Å²) in [5.41, 5.74) is 0. The molecule has 0 aromatic carbocycles. The summed E-state index contributed by atoms with van der Waals surface area (Å²) in [6.07, 6.45) is -5.46. The smallest absolute Gasteiger partial charge is 0.395 e. The van der Waals surface area contributed by atoms with Gasteiger partial charge in [-0.3, -0.25) is 4.79 Å². The molecule has 0 saturated heterocycles. The number of alkyl halides is 5. The third kappa shape index (κ3) is 3.54. The number of nitrogens with zero attached hydrogens (tertiary/aromatic N) is 1. The molecule has 0 rings (SSSR count). The van der Waals surface area contributed by atoms with Crippen molar-refractivity contribution in [2.75, 3.05) is 13.2 Å². The molecule has 0 spiro atoms. The van der Waals surface area contributed by atoms with Gasteiger partial charge in [0.15, 0.2) is 0 Å². The predicted octanol–water partition coefficient (Wildman–Crippen LogP) is 2.19. The van der Waals surface area contributed by atoms with E-state index in [-0.39, 0.29) is 12.8 Å². The molecule has 108 valence electrons. The third-order valence-corrected chi connectivity index (χ3v) is 2.61. The number of carbonyl (C=O) groups excluding carboxylic acids is 1. The van der Waals surface area contributed by atoms with E-state index in [0.29, 0.717) is 4.90 Å². The van der Waals surface area contributed by atoms with E-state index < -0.39 is 37.2 Å². The van der Waals surface area contributed by atoms with E-state index in [1.807, 2.05) is 0 Å². The average molecular weight is 277 g/mol. The van der Waals surface area contributed by atoms with Crippen molar-refractivity contribution in [3.63, 3.8) is 0 Å². The van der Waals surface area contributed by atoms with Gasteiger partial charge >= 0.3 is 18.0 Å². The van der Waals surface area contributed by atoms with Gasteiger partial charge in [-0.2, -0.15) is 22.0 Å². The Morgan fingerprint density at radius 1 is 1.17 bits per heavy atom. The largest absolute Gasteiger partial charge is 0.463 e. The molecule has 0 atom stereocenters. The molecule has 0 aromatic heterocycles. The maximum atomic E-state index is 12.9. The van der Waals surface area contributed by atoms with Gasteiger partial charge in [-0.1, -0.05) is 13.8 Å². The molecule has 18 heavy (non-hydrogen) atoms. The lowest BCUT2D eigenvalue weighted by atomic mass is 10.1. The fraction of sp³-hybridized carbons (Fsp3) is 0.900. The van der Waals surface area contributed by atoms with E-state index >= 15 is 0 Å². The molecule has 0 radical (unpaired) electrons. The second-order valence-electron chi connectivity index (χ2n) is 3.76. The molecular formula is C10H16F5NO2. The highest BCUT2D eigenvalue weighted by Gasteiger charge is 2.64. The first kappa shape index (κ1) is 17.1. The van der Waals surface area contributed by atoms with Crippen molar-refractivity contribution in [1.82, 2.24) is 4.90 Å². The minimum atomic E-state index is -5.93. The van der Waals surface area contributed by atoms with Crippen molar-refractivity contribution in [2.45, 2.75) is 44.8 Å². The first-order valence-electron chi connectivity index (χ1n) is 5.49. The van der Waals surface area contributed by atoms with Crippen molar-refractivity contribution in [2.24, 2.45) is 0 Å². The fourth-order valence-electron chi connectivity index (χ4n) is 1.59. The summed E-state index contributed by atoms with van der Waals surface area (Å²) >= 11 is 0. The van der Waals surface area contributed by atoms with Gasteiger partial charge in [0.2, 0.25) is 0 Å². The van der Waals surface area contributed by atoms with Gasteiger partial charge in [0.25, 0.3) is 0 Å². The number of aliphatic hydroxyl groups excluding tert-OH is 1. The summed E-state index contributed by atoms with van der Waals surface area (Å²) in [7, 11) is 0. The molecule has 0 unspecified atom stereocenters. The monoisotopic (exact) mass is 277 g/mol. The number of carbonyl (C=O) groups is 1. The molecule has 0 aromatic rings. The Balaban J connectivity index is 5.20. The van der Waals surface area contributed by atoms with Crippen molar-refractivity contribution < 1.29 is 31.9 Å². The van der Waals surface area contributed by atoms with E-state index in [1.54, 1.807) is 13.8 Å². The SMILES string of the molecule is CCC(CC)N(CCO)C(=O)C(F)(F)C(F)(F)F. The molecule has 1 amide bonds. The molecule has 0 heterocycles. The number of aliphatic hydroxyl groups is 1. The number of hydrogen-bond donors (Lipinski definition) is 1. The van der Waals surface area contributed by atoms with Gasteiger partial charge in [-0.15, -0.1) is 0 Å². The van der Waals surface area contributed by atoms with Gasteiger partial charge in [0, 0.05) is 12.6 Å². The minimum absolute atomic E-state index is 0.232. The molecule has 0 aliphatic rings.